The molecule has 0 aliphatic heterocycles. The minimum absolute atomic E-state index is 0.520. The summed E-state index contributed by atoms with van der Waals surface area (Å²) in [7, 11) is 0. The zero-order valence-corrected chi connectivity index (χ0v) is 9.54. The van der Waals surface area contributed by atoms with Gasteiger partial charge in [0.05, 0.1) is 11.5 Å². The number of carboxylic acid groups (broad SMARTS) is 1. The number of hydrogen-bond donors (Lipinski definition) is 2. The molecular weight excluding hydrogens is 192 g/mol. The lowest BCUT2D eigenvalue weighted by molar-refractivity contribution is -0.154. The lowest BCUT2D eigenvalue weighted by Crippen LogP contribution is -2.42. The molecular formula is C12H22O3. The Morgan fingerprint density at radius 2 is 1.67 bits per heavy atom. The van der Waals surface area contributed by atoms with E-state index >= 15 is 0 Å². The summed E-state index contributed by atoms with van der Waals surface area (Å²) in [5.74, 6) is -1.43. The topological polar surface area (TPSA) is 57.5 Å². The molecule has 0 heterocycles. The average molecular weight is 214 g/mol. The van der Waals surface area contributed by atoms with E-state index in [0.29, 0.717) is 19.3 Å². The molecule has 0 aromatic rings. The maximum Gasteiger partial charge on any atom is 0.309 e. The van der Waals surface area contributed by atoms with Crippen molar-refractivity contribution in [3.05, 3.63) is 0 Å². The molecule has 1 aliphatic rings. The first-order valence-electron chi connectivity index (χ1n) is 6.05. The lowest BCUT2D eigenvalue weighted by Gasteiger charge is -2.34. The van der Waals surface area contributed by atoms with Gasteiger partial charge in [0.15, 0.2) is 0 Å². The number of hydrogen-bond acceptors (Lipinski definition) is 2. The van der Waals surface area contributed by atoms with Crippen LogP contribution in [-0.2, 0) is 4.79 Å². The predicted octanol–water partition coefficient (Wildman–Crippen LogP) is 2.57. The van der Waals surface area contributed by atoms with Gasteiger partial charge in [0.1, 0.15) is 0 Å². The SMILES string of the molecule is CCC(C(=O)O)C1(O)CCCCCCC1. The van der Waals surface area contributed by atoms with Gasteiger partial charge in [-0.15, -0.1) is 0 Å². The van der Waals surface area contributed by atoms with Gasteiger partial charge in [0, 0.05) is 0 Å². The minimum Gasteiger partial charge on any atom is -0.481 e. The van der Waals surface area contributed by atoms with Gasteiger partial charge in [0.25, 0.3) is 0 Å². The molecule has 1 atom stereocenters. The lowest BCUT2D eigenvalue weighted by atomic mass is 9.76. The van der Waals surface area contributed by atoms with Crippen molar-refractivity contribution in [1.82, 2.24) is 0 Å². The second-order valence-corrected chi connectivity index (χ2v) is 4.67. The Bertz CT molecular complexity index is 205. The summed E-state index contributed by atoms with van der Waals surface area (Å²) < 4.78 is 0. The van der Waals surface area contributed by atoms with Gasteiger partial charge in [-0.3, -0.25) is 4.79 Å². The number of carboxylic acids is 1. The van der Waals surface area contributed by atoms with Gasteiger partial charge >= 0.3 is 5.97 Å². The van der Waals surface area contributed by atoms with E-state index in [9.17, 15) is 9.90 Å². The van der Waals surface area contributed by atoms with Crippen LogP contribution in [-0.4, -0.2) is 21.8 Å². The first-order chi connectivity index (χ1) is 7.10. The van der Waals surface area contributed by atoms with Crippen LogP contribution in [0.2, 0.25) is 0 Å². The fraction of sp³-hybridized carbons (Fsp3) is 0.917. The van der Waals surface area contributed by atoms with Gasteiger partial charge < -0.3 is 10.2 Å². The van der Waals surface area contributed by atoms with Crippen molar-refractivity contribution in [3.8, 4) is 0 Å². The molecule has 3 heteroatoms. The quantitative estimate of drug-likeness (QED) is 0.759. The third-order valence-electron chi connectivity index (χ3n) is 3.57. The highest BCUT2D eigenvalue weighted by Crippen LogP contribution is 2.34. The second-order valence-electron chi connectivity index (χ2n) is 4.67. The van der Waals surface area contributed by atoms with Crippen LogP contribution in [0.5, 0.6) is 0 Å². The molecule has 1 aliphatic carbocycles. The molecule has 3 nitrogen and oxygen atoms in total. The summed E-state index contributed by atoms with van der Waals surface area (Å²) in [4.78, 5) is 11.1. The normalized spacial score (nSPS) is 23.9. The smallest absolute Gasteiger partial charge is 0.309 e. The first kappa shape index (κ1) is 12.5. The molecule has 0 spiro atoms. The Hall–Kier alpha value is -0.570. The Labute approximate surface area is 91.5 Å². The Morgan fingerprint density at radius 3 is 2.07 bits per heavy atom. The van der Waals surface area contributed by atoms with E-state index in [0.717, 1.165) is 25.7 Å². The third-order valence-corrected chi connectivity index (χ3v) is 3.57. The van der Waals surface area contributed by atoms with E-state index in [2.05, 4.69) is 0 Å². The molecule has 0 saturated heterocycles. The van der Waals surface area contributed by atoms with Crippen LogP contribution in [0.25, 0.3) is 0 Å². The van der Waals surface area contributed by atoms with E-state index < -0.39 is 17.5 Å². The second kappa shape index (κ2) is 5.50. The molecule has 1 rings (SSSR count). The average Bonchev–Trinajstić information content (AvgIpc) is 2.12. The van der Waals surface area contributed by atoms with Gasteiger partial charge in [0.2, 0.25) is 0 Å². The summed E-state index contributed by atoms with van der Waals surface area (Å²) in [5, 5.41) is 19.5. The van der Waals surface area contributed by atoms with Crippen molar-refractivity contribution < 1.29 is 15.0 Å². The minimum atomic E-state index is -0.957. The van der Waals surface area contributed by atoms with Crippen LogP contribution in [0.1, 0.15) is 58.3 Å². The molecule has 0 radical (unpaired) electrons. The van der Waals surface area contributed by atoms with E-state index in [4.69, 9.17) is 5.11 Å². The molecule has 1 fully saturated rings. The van der Waals surface area contributed by atoms with Crippen molar-refractivity contribution in [2.45, 2.75) is 63.9 Å². The number of carbonyl (C=O) groups is 1. The van der Waals surface area contributed by atoms with Crippen molar-refractivity contribution >= 4 is 5.97 Å². The van der Waals surface area contributed by atoms with Crippen LogP contribution in [0.3, 0.4) is 0 Å². The summed E-state index contributed by atoms with van der Waals surface area (Å²) in [6.07, 6.45) is 7.21. The Kier molecular flexibility index (Phi) is 4.58. The van der Waals surface area contributed by atoms with Crippen molar-refractivity contribution in [2.24, 2.45) is 5.92 Å². The largest absolute Gasteiger partial charge is 0.481 e. The zero-order valence-electron chi connectivity index (χ0n) is 9.54. The highest BCUT2D eigenvalue weighted by atomic mass is 16.4. The van der Waals surface area contributed by atoms with Crippen LogP contribution < -0.4 is 0 Å². The van der Waals surface area contributed by atoms with E-state index in [-0.39, 0.29) is 0 Å². The fourth-order valence-corrected chi connectivity index (χ4v) is 2.65. The molecule has 0 amide bonds. The van der Waals surface area contributed by atoms with Gasteiger partial charge in [-0.1, -0.05) is 39.0 Å². The monoisotopic (exact) mass is 214 g/mol. The standard InChI is InChI=1S/C12H22O3/c1-2-10(11(13)14)12(15)8-6-4-3-5-7-9-12/h10,15H,2-9H2,1H3,(H,13,14). The van der Waals surface area contributed by atoms with Crippen LogP contribution in [0.15, 0.2) is 0 Å². The molecule has 2 N–H and O–H groups in total. The predicted molar refractivity (Wildman–Crippen MR) is 58.7 cm³/mol. The summed E-state index contributed by atoms with van der Waals surface area (Å²) in [6.45, 7) is 1.84. The fourth-order valence-electron chi connectivity index (χ4n) is 2.65. The summed E-state index contributed by atoms with van der Waals surface area (Å²) in [6, 6.07) is 0. The van der Waals surface area contributed by atoms with E-state index in [1.165, 1.54) is 6.42 Å². The van der Waals surface area contributed by atoms with Gasteiger partial charge in [-0.25, -0.2) is 0 Å². The maximum absolute atomic E-state index is 11.1. The maximum atomic E-state index is 11.1. The molecule has 1 unspecified atom stereocenters. The highest BCUT2D eigenvalue weighted by molar-refractivity contribution is 5.71. The Balaban J connectivity index is 2.70. The van der Waals surface area contributed by atoms with E-state index in [1.807, 2.05) is 6.92 Å². The van der Waals surface area contributed by atoms with Crippen molar-refractivity contribution in [3.63, 3.8) is 0 Å². The van der Waals surface area contributed by atoms with Crippen molar-refractivity contribution in [2.75, 3.05) is 0 Å². The molecule has 0 aromatic heterocycles. The number of rotatable bonds is 3. The zero-order chi connectivity index (χ0) is 11.3. The summed E-state index contributed by atoms with van der Waals surface area (Å²) in [5.41, 5.74) is -0.957. The van der Waals surface area contributed by atoms with Gasteiger partial charge in [-0.05, 0) is 19.3 Å². The van der Waals surface area contributed by atoms with Crippen LogP contribution in [0, 0.1) is 5.92 Å². The Morgan fingerprint density at radius 1 is 1.20 bits per heavy atom. The highest BCUT2D eigenvalue weighted by Gasteiger charge is 2.39. The third kappa shape index (κ3) is 3.20. The van der Waals surface area contributed by atoms with Crippen LogP contribution in [0.4, 0.5) is 0 Å². The first-order valence-corrected chi connectivity index (χ1v) is 6.05. The van der Waals surface area contributed by atoms with Crippen molar-refractivity contribution in [1.29, 1.82) is 0 Å². The molecule has 1 saturated carbocycles. The molecule has 88 valence electrons. The number of aliphatic carboxylic acids is 1. The molecule has 0 aromatic carbocycles. The molecule has 15 heavy (non-hydrogen) atoms. The van der Waals surface area contributed by atoms with Gasteiger partial charge in [-0.2, -0.15) is 0 Å². The number of aliphatic hydroxyl groups is 1. The van der Waals surface area contributed by atoms with Crippen LogP contribution >= 0.6 is 0 Å². The van der Waals surface area contributed by atoms with E-state index in [1.54, 1.807) is 0 Å². The molecule has 0 bridgehead atoms. The summed E-state index contributed by atoms with van der Waals surface area (Å²) >= 11 is 0.